The molecule has 1 aliphatic heterocycles. The quantitative estimate of drug-likeness (QED) is 0.654. The molecule has 0 saturated carbocycles. The number of aromatic nitrogens is 2. The number of nitrogens with zero attached hydrogens (tertiary/aromatic N) is 3. The number of fused-ring (bicyclic) bond motifs is 1. The number of hydrogen-bond acceptors (Lipinski definition) is 4. The molecule has 0 unspecified atom stereocenters. The van der Waals surface area contributed by atoms with Gasteiger partial charge in [-0.1, -0.05) is 24.3 Å². The smallest absolute Gasteiger partial charge is 0.204 e. The Balaban J connectivity index is 1.49. The van der Waals surface area contributed by atoms with E-state index in [2.05, 4.69) is 77.4 Å². The van der Waals surface area contributed by atoms with Gasteiger partial charge in [-0.2, -0.15) is 0 Å². The van der Waals surface area contributed by atoms with Gasteiger partial charge in [0.15, 0.2) is 0 Å². The van der Waals surface area contributed by atoms with E-state index in [1.807, 2.05) is 0 Å². The number of quaternary nitrogens is 1. The van der Waals surface area contributed by atoms with Gasteiger partial charge in [-0.15, -0.1) is 0 Å². The Kier molecular flexibility index (Phi) is 5.78. The number of morpholine rings is 1. The SMILES string of the molecule is CN(C)c1ccc(CNc2nc3ccccc3n2CC[NH+]2CCOCC2)cc1. The molecule has 6 heteroatoms. The summed E-state index contributed by atoms with van der Waals surface area (Å²) < 4.78 is 7.81. The number of ether oxygens (including phenoxy) is 1. The van der Waals surface area contributed by atoms with Gasteiger partial charge >= 0.3 is 0 Å². The summed E-state index contributed by atoms with van der Waals surface area (Å²) in [6, 6.07) is 17.0. The number of hydrogen-bond donors (Lipinski definition) is 2. The van der Waals surface area contributed by atoms with E-state index in [1.165, 1.54) is 16.8 Å². The van der Waals surface area contributed by atoms with Gasteiger partial charge in [-0.3, -0.25) is 0 Å². The van der Waals surface area contributed by atoms with Crippen molar-refractivity contribution in [1.82, 2.24) is 9.55 Å². The number of imidazole rings is 1. The molecule has 148 valence electrons. The lowest BCUT2D eigenvalue weighted by atomic mass is 10.2. The number of rotatable bonds is 7. The van der Waals surface area contributed by atoms with E-state index in [4.69, 9.17) is 9.72 Å². The van der Waals surface area contributed by atoms with E-state index in [0.717, 1.165) is 57.4 Å². The molecular weight excluding hydrogens is 350 g/mol. The first-order valence-corrected chi connectivity index (χ1v) is 10.1. The second kappa shape index (κ2) is 8.63. The Hall–Kier alpha value is -2.57. The Labute approximate surface area is 166 Å². The Morgan fingerprint density at radius 2 is 1.82 bits per heavy atom. The van der Waals surface area contributed by atoms with Crippen LogP contribution in [0.1, 0.15) is 5.56 Å². The molecule has 0 atom stereocenters. The zero-order chi connectivity index (χ0) is 19.3. The van der Waals surface area contributed by atoms with Crippen LogP contribution in [0.4, 0.5) is 11.6 Å². The van der Waals surface area contributed by atoms with Crippen molar-refractivity contribution >= 4 is 22.7 Å². The zero-order valence-electron chi connectivity index (χ0n) is 16.8. The molecule has 4 rings (SSSR count). The Morgan fingerprint density at radius 3 is 2.57 bits per heavy atom. The van der Waals surface area contributed by atoms with Crippen LogP contribution < -0.4 is 15.1 Å². The highest BCUT2D eigenvalue weighted by Gasteiger charge is 2.16. The first kappa shape index (κ1) is 18.8. The predicted octanol–water partition coefficient (Wildman–Crippen LogP) is 1.63. The average Bonchev–Trinajstić information content (AvgIpc) is 3.09. The molecule has 0 radical (unpaired) electrons. The minimum absolute atomic E-state index is 0.765. The summed E-state index contributed by atoms with van der Waals surface area (Å²) in [6.45, 7) is 6.73. The van der Waals surface area contributed by atoms with Crippen molar-refractivity contribution in [2.45, 2.75) is 13.1 Å². The van der Waals surface area contributed by atoms with E-state index in [9.17, 15) is 0 Å². The lowest BCUT2D eigenvalue weighted by Gasteiger charge is -2.24. The van der Waals surface area contributed by atoms with E-state index < -0.39 is 0 Å². The van der Waals surface area contributed by atoms with Crippen molar-refractivity contribution in [3.05, 3.63) is 54.1 Å². The number of anilines is 2. The maximum Gasteiger partial charge on any atom is 0.204 e. The van der Waals surface area contributed by atoms with Crippen molar-refractivity contribution in [3.63, 3.8) is 0 Å². The molecule has 0 amide bonds. The van der Waals surface area contributed by atoms with Crippen molar-refractivity contribution in [2.75, 3.05) is 57.2 Å². The average molecular weight is 381 g/mol. The fraction of sp³-hybridized carbons (Fsp3) is 0.409. The van der Waals surface area contributed by atoms with Crippen LogP contribution in [-0.2, 0) is 17.8 Å². The summed E-state index contributed by atoms with van der Waals surface area (Å²) in [6.07, 6.45) is 0. The van der Waals surface area contributed by atoms with Gasteiger partial charge in [0, 0.05) is 26.3 Å². The fourth-order valence-electron chi connectivity index (χ4n) is 3.71. The normalized spacial score (nSPS) is 15.1. The lowest BCUT2D eigenvalue weighted by molar-refractivity contribution is -0.908. The van der Waals surface area contributed by atoms with Gasteiger partial charge in [-0.25, -0.2) is 4.98 Å². The first-order valence-electron chi connectivity index (χ1n) is 10.1. The van der Waals surface area contributed by atoms with Gasteiger partial charge in [-0.05, 0) is 29.8 Å². The topological polar surface area (TPSA) is 46.8 Å². The Morgan fingerprint density at radius 1 is 1.07 bits per heavy atom. The van der Waals surface area contributed by atoms with Crippen molar-refractivity contribution in [1.29, 1.82) is 0 Å². The maximum absolute atomic E-state index is 5.49. The summed E-state index contributed by atoms with van der Waals surface area (Å²) in [7, 11) is 4.12. The summed E-state index contributed by atoms with van der Waals surface area (Å²) in [4.78, 5) is 8.57. The second-order valence-electron chi connectivity index (χ2n) is 7.60. The molecule has 6 nitrogen and oxygen atoms in total. The van der Waals surface area contributed by atoms with E-state index >= 15 is 0 Å². The molecule has 0 spiro atoms. The van der Waals surface area contributed by atoms with E-state index in [-0.39, 0.29) is 0 Å². The van der Waals surface area contributed by atoms with Crippen LogP contribution >= 0.6 is 0 Å². The van der Waals surface area contributed by atoms with Crippen LogP contribution in [0.15, 0.2) is 48.5 Å². The molecular formula is C22H30N5O+. The molecule has 3 aromatic rings. The van der Waals surface area contributed by atoms with Gasteiger partial charge in [0.2, 0.25) is 5.95 Å². The Bertz CT molecular complexity index is 897. The number of nitrogens with one attached hydrogen (secondary N) is 2. The molecule has 1 aliphatic rings. The predicted molar refractivity (Wildman–Crippen MR) is 114 cm³/mol. The van der Waals surface area contributed by atoms with Crippen LogP contribution in [0.3, 0.4) is 0 Å². The second-order valence-corrected chi connectivity index (χ2v) is 7.60. The summed E-state index contributed by atoms with van der Waals surface area (Å²) in [5, 5.41) is 3.56. The monoisotopic (exact) mass is 380 g/mol. The largest absolute Gasteiger partial charge is 0.378 e. The molecule has 2 heterocycles. The van der Waals surface area contributed by atoms with E-state index in [1.54, 1.807) is 4.90 Å². The minimum Gasteiger partial charge on any atom is -0.378 e. The third kappa shape index (κ3) is 4.29. The summed E-state index contributed by atoms with van der Waals surface area (Å²) in [5.41, 5.74) is 4.71. The van der Waals surface area contributed by atoms with Crippen LogP contribution in [0.5, 0.6) is 0 Å². The van der Waals surface area contributed by atoms with Crippen LogP contribution in [0.2, 0.25) is 0 Å². The van der Waals surface area contributed by atoms with Crippen molar-refractivity contribution < 1.29 is 9.64 Å². The van der Waals surface area contributed by atoms with Crippen LogP contribution in [0.25, 0.3) is 11.0 Å². The molecule has 0 aliphatic carbocycles. The molecule has 28 heavy (non-hydrogen) atoms. The van der Waals surface area contributed by atoms with Gasteiger partial charge in [0.1, 0.15) is 13.1 Å². The van der Waals surface area contributed by atoms with Crippen LogP contribution in [0, 0.1) is 0 Å². The first-order chi connectivity index (χ1) is 13.7. The summed E-state index contributed by atoms with van der Waals surface area (Å²) in [5.74, 6) is 0.950. The molecule has 1 aromatic heterocycles. The standard InChI is InChI=1S/C22H29N5O/c1-25(2)19-9-7-18(8-10-19)17-23-22-24-20-5-3-4-6-21(20)27(22)12-11-26-13-15-28-16-14-26/h3-10H,11-17H2,1-2H3,(H,23,24)/p+1. The maximum atomic E-state index is 5.49. The van der Waals surface area contributed by atoms with Crippen molar-refractivity contribution in [2.24, 2.45) is 0 Å². The highest BCUT2D eigenvalue weighted by atomic mass is 16.5. The number of benzene rings is 2. The highest BCUT2D eigenvalue weighted by Crippen LogP contribution is 2.20. The van der Waals surface area contributed by atoms with E-state index in [0.29, 0.717) is 0 Å². The van der Waals surface area contributed by atoms with Crippen LogP contribution in [-0.4, -0.2) is 56.5 Å². The molecule has 0 bridgehead atoms. The van der Waals surface area contributed by atoms with Gasteiger partial charge in [0.25, 0.3) is 0 Å². The minimum atomic E-state index is 0.765. The number of para-hydroxylation sites is 2. The third-order valence-electron chi connectivity index (χ3n) is 5.45. The zero-order valence-corrected chi connectivity index (χ0v) is 16.8. The molecule has 2 N–H and O–H groups in total. The van der Waals surface area contributed by atoms with Gasteiger partial charge in [0.05, 0.1) is 37.3 Å². The third-order valence-corrected chi connectivity index (χ3v) is 5.45. The fourth-order valence-corrected chi connectivity index (χ4v) is 3.71. The van der Waals surface area contributed by atoms with Gasteiger partial charge < -0.3 is 24.4 Å². The van der Waals surface area contributed by atoms with Crippen molar-refractivity contribution in [3.8, 4) is 0 Å². The molecule has 1 fully saturated rings. The molecule has 2 aromatic carbocycles. The summed E-state index contributed by atoms with van der Waals surface area (Å²) >= 11 is 0. The highest BCUT2D eigenvalue weighted by molar-refractivity contribution is 5.78. The lowest BCUT2D eigenvalue weighted by Crippen LogP contribution is -3.14. The molecule has 1 saturated heterocycles.